The summed E-state index contributed by atoms with van der Waals surface area (Å²) in [4.78, 5) is 16.9. The number of benzene rings is 1. The van der Waals surface area contributed by atoms with E-state index >= 15 is 0 Å². The first kappa shape index (κ1) is 18.5. The maximum atomic E-state index is 12.5. The molecule has 2 aliphatic rings. The smallest absolute Gasteiger partial charge is 0.410 e. The van der Waals surface area contributed by atoms with E-state index in [9.17, 15) is 4.79 Å². The van der Waals surface area contributed by atoms with Gasteiger partial charge in [-0.05, 0) is 51.3 Å². The van der Waals surface area contributed by atoms with Crippen LogP contribution in [0.2, 0.25) is 0 Å². The van der Waals surface area contributed by atoms with Crippen LogP contribution in [0.5, 0.6) is 5.75 Å². The summed E-state index contributed by atoms with van der Waals surface area (Å²) in [6.45, 7) is 9.12. The Morgan fingerprint density at radius 1 is 1.28 bits per heavy atom. The van der Waals surface area contributed by atoms with E-state index in [1.807, 2.05) is 37.8 Å². The van der Waals surface area contributed by atoms with Crippen molar-refractivity contribution >= 4 is 22.0 Å². The molecule has 1 spiro atoms. The van der Waals surface area contributed by atoms with Crippen molar-refractivity contribution in [3.05, 3.63) is 28.2 Å². The van der Waals surface area contributed by atoms with Gasteiger partial charge < -0.3 is 9.47 Å². The van der Waals surface area contributed by atoms with Gasteiger partial charge in [-0.25, -0.2) is 4.79 Å². The van der Waals surface area contributed by atoms with Crippen molar-refractivity contribution in [3.8, 4) is 5.75 Å². The summed E-state index contributed by atoms with van der Waals surface area (Å²) < 4.78 is 11.9. The highest BCUT2D eigenvalue weighted by molar-refractivity contribution is 9.10. The van der Waals surface area contributed by atoms with Crippen LogP contribution in [0, 0.1) is 0 Å². The van der Waals surface area contributed by atoms with E-state index in [0.29, 0.717) is 0 Å². The van der Waals surface area contributed by atoms with E-state index in [1.54, 1.807) is 7.11 Å². The quantitative estimate of drug-likeness (QED) is 0.753. The van der Waals surface area contributed by atoms with E-state index in [4.69, 9.17) is 9.47 Å². The molecule has 1 aromatic carbocycles. The third-order valence-electron chi connectivity index (χ3n) is 4.83. The number of ether oxygens (including phenoxy) is 2. The lowest BCUT2D eigenvalue weighted by atomic mass is 10.1. The average molecular weight is 411 g/mol. The van der Waals surface area contributed by atoms with Gasteiger partial charge in [0.15, 0.2) is 0 Å². The molecule has 3 rings (SSSR count). The highest BCUT2D eigenvalue weighted by atomic mass is 79.9. The molecule has 6 heteroatoms. The lowest BCUT2D eigenvalue weighted by molar-refractivity contribution is -0.00811. The molecule has 25 heavy (non-hydrogen) atoms. The van der Waals surface area contributed by atoms with E-state index < -0.39 is 5.60 Å². The first-order valence-electron chi connectivity index (χ1n) is 8.78. The average Bonchev–Trinajstić information content (AvgIpc) is 3.27. The summed E-state index contributed by atoms with van der Waals surface area (Å²) in [6, 6.07) is 6.09. The summed E-state index contributed by atoms with van der Waals surface area (Å²) >= 11 is 3.64. The predicted octanol–water partition coefficient (Wildman–Crippen LogP) is 4.04. The minimum atomic E-state index is -0.446. The maximum Gasteiger partial charge on any atom is 0.410 e. The topological polar surface area (TPSA) is 42.0 Å². The van der Waals surface area contributed by atoms with Gasteiger partial charge in [0.2, 0.25) is 0 Å². The van der Waals surface area contributed by atoms with Gasteiger partial charge in [0.25, 0.3) is 0 Å². The van der Waals surface area contributed by atoms with Crippen LogP contribution >= 0.6 is 15.9 Å². The zero-order chi connectivity index (χ0) is 18.2. The van der Waals surface area contributed by atoms with Gasteiger partial charge in [0.05, 0.1) is 12.6 Å². The number of piperazine rings is 1. The Kier molecular flexibility index (Phi) is 5.04. The van der Waals surface area contributed by atoms with Crippen molar-refractivity contribution in [2.45, 2.75) is 51.3 Å². The second kappa shape index (κ2) is 6.80. The van der Waals surface area contributed by atoms with Crippen LogP contribution in [-0.2, 0) is 11.3 Å². The van der Waals surface area contributed by atoms with Gasteiger partial charge in [-0.15, -0.1) is 0 Å². The van der Waals surface area contributed by atoms with Crippen molar-refractivity contribution in [2.24, 2.45) is 0 Å². The fraction of sp³-hybridized carbons (Fsp3) is 0.632. The summed E-state index contributed by atoms with van der Waals surface area (Å²) in [6.07, 6.45) is 1.95. The fourth-order valence-corrected chi connectivity index (χ4v) is 3.88. The van der Waals surface area contributed by atoms with Crippen molar-refractivity contribution in [1.29, 1.82) is 0 Å². The SMILES string of the molecule is COc1ccc(CN2CCN(C(=O)OC(C)(C)C)C3(CC3)C2)c(Br)c1. The highest BCUT2D eigenvalue weighted by Crippen LogP contribution is 2.45. The lowest BCUT2D eigenvalue weighted by Gasteiger charge is -2.42. The minimum Gasteiger partial charge on any atom is -0.497 e. The van der Waals surface area contributed by atoms with E-state index in [1.165, 1.54) is 5.56 Å². The van der Waals surface area contributed by atoms with Gasteiger partial charge in [0, 0.05) is 30.7 Å². The van der Waals surface area contributed by atoms with Crippen molar-refractivity contribution < 1.29 is 14.3 Å². The van der Waals surface area contributed by atoms with Crippen LogP contribution in [0.3, 0.4) is 0 Å². The number of halogens is 1. The molecule has 1 heterocycles. The molecule has 1 aliphatic heterocycles. The van der Waals surface area contributed by atoms with Crippen LogP contribution < -0.4 is 4.74 Å². The van der Waals surface area contributed by atoms with Gasteiger partial charge in [-0.3, -0.25) is 9.80 Å². The van der Waals surface area contributed by atoms with E-state index in [0.717, 1.165) is 49.2 Å². The fourth-order valence-electron chi connectivity index (χ4n) is 3.39. The molecule has 2 fully saturated rings. The molecule has 0 atom stereocenters. The molecule has 0 bridgehead atoms. The van der Waals surface area contributed by atoms with Crippen LogP contribution in [-0.4, -0.2) is 53.8 Å². The normalized spacial score (nSPS) is 19.8. The molecule has 138 valence electrons. The lowest BCUT2D eigenvalue weighted by Crippen LogP contribution is -2.57. The van der Waals surface area contributed by atoms with Gasteiger partial charge in [0.1, 0.15) is 11.4 Å². The van der Waals surface area contributed by atoms with Gasteiger partial charge >= 0.3 is 6.09 Å². The van der Waals surface area contributed by atoms with Crippen molar-refractivity contribution in [1.82, 2.24) is 9.80 Å². The van der Waals surface area contributed by atoms with Crippen LogP contribution in [0.15, 0.2) is 22.7 Å². The molecule has 1 aromatic rings. The zero-order valence-electron chi connectivity index (χ0n) is 15.5. The number of nitrogens with zero attached hydrogens (tertiary/aromatic N) is 2. The van der Waals surface area contributed by atoms with Crippen molar-refractivity contribution in [3.63, 3.8) is 0 Å². The number of hydrogen-bond donors (Lipinski definition) is 0. The summed E-state index contributed by atoms with van der Waals surface area (Å²) in [7, 11) is 1.67. The molecule has 0 unspecified atom stereocenters. The Hall–Kier alpha value is -1.27. The van der Waals surface area contributed by atoms with Gasteiger partial charge in [-0.1, -0.05) is 22.0 Å². The number of carbonyl (C=O) groups excluding carboxylic acids is 1. The Morgan fingerprint density at radius 2 is 2.00 bits per heavy atom. The number of methoxy groups -OCH3 is 1. The third kappa shape index (κ3) is 4.29. The molecular weight excluding hydrogens is 384 g/mol. The molecule has 1 saturated carbocycles. The van der Waals surface area contributed by atoms with E-state index in [-0.39, 0.29) is 11.6 Å². The first-order chi connectivity index (χ1) is 11.7. The van der Waals surface area contributed by atoms with E-state index in [2.05, 4.69) is 26.9 Å². The summed E-state index contributed by atoms with van der Waals surface area (Å²) in [5, 5.41) is 0. The molecule has 0 aromatic heterocycles. The monoisotopic (exact) mass is 410 g/mol. The Labute approximate surface area is 158 Å². The molecule has 1 aliphatic carbocycles. The number of rotatable bonds is 3. The zero-order valence-corrected chi connectivity index (χ0v) is 17.1. The third-order valence-corrected chi connectivity index (χ3v) is 5.56. The molecule has 1 amide bonds. The standard InChI is InChI=1S/C19H27BrN2O3/c1-18(2,3)25-17(23)22-10-9-21(13-19(22)7-8-19)12-14-5-6-15(24-4)11-16(14)20/h5-6,11H,7-10,12-13H2,1-4H3. The predicted molar refractivity (Wildman–Crippen MR) is 101 cm³/mol. The summed E-state index contributed by atoms with van der Waals surface area (Å²) in [5.74, 6) is 0.851. The Bertz CT molecular complexity index is 653. The number of carbonyl (C=O) groups is 1. The van der Waals surface area contributed by atoms with Crippen LogP contribution in [0.25, 0.3) is 0 Å². The summed E-state index contributed by atoms with van der Waals surface area (Å²) in [5.41, 5.74) is 0.764. The maximum absolute atomic E-state index is 12.5. The number of hydrogen-bond acceptors (Lipinski definition) is 4. The molecule has 1 saturated heterocycles. The Morgan fingerprint density at radius 3 is 2.56 bits per heavy atom. The second-order valence-electron chi connectivity index (χ2n) is 8.02. The van der Waals surface area contributed by atoms with Crippen LogP contribution in [0.4, 0.5) is 4.79 Å². The highest BCUT2D eigenvalue weighted by Gasteiger charge is 2.54. The Balaban J connectivity index is 1.64. The largest absolute Gasteiger partial charge is 0.497 e. The molecule has 0 radical (unpaired) electrons. The first-order valence-corrected chi connectivity index (χ1v) is 9.57. The number of amides is 1. The molecular formula is C19H27BrN2O3. The molecule has 0 N–H and O–H groups in total. The second-order valence-corrected chi connectivity index (χ2v) is 8.88. The van der Waals surface area contributed by atoms with Crippen molar-refractivity contribution in [2.75, 3.05) is 26.7 Å². The minimum absolute atomic E-state index is 0.0282. The van der Waals surface area contributed by atoms with Gasteiger partial charge in [-0.2, -0.15) is 0 Å². The molecule has 5 nitrogen and oxygen atoms in total. The van der Waals surface area contributed by atoms with Crippen LogP contribution in [0.1, 0.15) is 39.2 Å².